The van der Waals surface area contributed by atoms with Gasteiger partial charge in [-0.05, 0) is 42.5 Å². The van der Waals surface area contributed by atoms with Crippen LogP contribution >= 0.6 is 11.8 Å². The number of rotatable bonds is 6. The highest BCUT2D eigenvalue weighted by molar-refractivity contribution is 7.98. The van der Waals surface area contributed by atoms with Crippen LogP contribution in [0.3, 0.4) is 0 Å². The molecule has 4 nitrogen and oxygen atoms in total. The second-order valence-electron chi connectivity index (χ2n) is 5.60. The van der Waals surface area contributed by atoms with Gasteiger partial charge in [0.25, 0.3) is 5.91 Å². The molecule has 0 aliphatic carbocycles. The van der Waals surface area contributed by atoms with Gasteiger partial charge in [-0.25, -0.2) is 0 Å². The number of thioether (sulfide) groups is 1. The van der Waals surface area contributed by atoms with E-state index in [0.29, 0.717) is 12.1 Å². The molecule has 24 heavy (non-hydrogen) atoms. The Morgan fingerprint density at radius 2 is 1.75 bits per heavy atom. The SMILES string of the molecule is CSc1ccc(CN(C)C(=O)CNC(=O)c2ccccc2C)cc1. The summed E-state index contributed by atoms with van der Waals surface area (Å²) in [7, 11) is 1.74. The number of carbonyl (C=O) groups is 2. The van der Waals surface area contributed by atoms with E-state index >= 15 is 0 Å². The van der Waals surface area contributed by atoms with Crippen LogP contribution in [-0.4, -0.2) is 36.6 Å². The third-order valence-corrected chi connectivity index (χ3v) is 4.54. The van der Waals surface area contributed by atoms with Crippen LogP contribution in [0.4, 0.5) is 0 Å². The van der Waals surface area contributed by atoms with E-state index in [4.69, 9.17) is 0 Å². The highest BCUT2D eigenvalue weighted by atomic mass is 32.2. The number of aryl methyl sites for hydroxylation is 1. The van der Waals surface area contributed by atoms with Crippen LogP contribution in [0, 0.1) is 6.92 Å². The van der Waals surface area contributed by atoms with Crippen LogP contribution in [0.1, 0.15) is 21.5 Å². The molecule has 0 unspecified atom stereocenters. The number of nitrogens with zero attached hydrogens (tertiary/aromatic N) is 1. The molecule has 126 valence electrons. The Kier molecular flexibility index (Phi) is 6.44. The van der Waals surface area contributed by atoms with Gasteiger partial charge < -0.3 is 10.2 Å². The van der Waals surface area contributed by atoms with E-state index in [1.165, 1.54) is 4.90 Å². The van der Waals surface area contributed by atoms with Crippen LogP contribution in [0.25, 0.3) is 0 Å². The van der Waals surface area contributed by atoms with Crippen LogP contribution in [0.2, 0.25) is 0 Å². The van der Waals surface area contributed by atoms with Gasteiger partial charge in [0, 0.05) is 24.1 Å². The lowest BCUT2D eigenvalue weighted by molar-refractivity contribution is -0.129. The molecule has 0 fully saturated rings. The van der Waals surface area contributed by atoms with Gasteiger partial charge in [-0.2, -0.15) is 0 Å². The molecule has 0 atom stereocenters. The minimum atomic E-state index is -0.223. The zero-order valence-corrected chi connectivity index (χ0v) is 15.0. The Labute approximate surface area is 147 Å². The molecule has 0 saturated heterocycles. The predicted molar refractivity (Wildman–Crippen MR) is 98.2 cm³/mol. The Morgan fingerprint density at radius 3 is 2.38 bits per heavy atom. The Balaban J connectivity index is 1.87. The van der Waals surface area contributed by atoms with Gasteiger partial charge in [0.1, 0.15) is 0 Å². The zero-order chi connectivity index (χ0) is 17.5. The average Bonchev–Trinajstić information content (AvgIpc) is 2.60. The van der Waals surface area contributed by atoms with Gasteiger partial charge in [-0.3, -0.25) is 9.59 Å². The molecule has 0 saturated carbocycles. The molecule has 2 aromatic carbocycles. The van der Waals surface area contributed by atoms with Gasteiger partial charge in [0.15, 0.2) is 0 Å². The molecule has 0 spiro atoms. The normalized spacial score (nSPS) is 10.3. The summed E-state index contributed by atoms with van der Waals surface area (Å²) in [5.74, 6) is -0.343. The van der Waals surface area contributed by atoms with E-state index < -0.39 is 0 Å². The van der Waals surface area contributed by atoms with Crippen molar-refractivity contribution in [2.45, 2.75) is 18.4 Å². The fourth-order valence-electron chi connectivity index (χ4n) is 2.31. The van der Waals surface area contributed by atoms with Crippen molar-refractivity contribution >= 4 is 23.6 Å². The molecule has 2 rings (SSSR count). The fourth-order valence-corrected chi connectivity index (χ4v) is 2.71. The maximum absolute atomic E-state index is 12.2. The van der Waals surface area contributed by atoms with E-state index in [9.17, 15) is 9.59 Å². The van der Waals surface area contributed by atoms with Crippen molar-refractivity contribution in [1.29, 1.82) is 0 Å². The highest BCUT2D eigenvalue weighted by Crippen LogP contribution is 2.15. The first-order valence-electron chi connectivity index (χ1n) is 7.72. The minimum absolute atomic E-state index is 0.00738. The molecule has 0 aromatic heterocycles. The van der Waals surface area contributed by atoms with Gasteiger partial charge in [-0.15, -0.1) is 11.8 Å². The molecule has 0 radical (unpaired) electrons. The lowest BCUT2D eigenvalue weighted by Crippen LogP contribution is -2.38. The van der Waals surface area contributed by atoms with Crippen molar-refractivity contribution in [3.05, 3.63) is 65.2 Å². The molecule has 5 heteroatoms. The summed E-state index contributed by atoms with van der Waals surface area (Å²) in [5.41, 5.74) is 2.55. The first-order valence-corrected chi connectivity index (χ1v) is 8.94. The molecule has 1 N–H and O–H groups in total. The maximum atomic E-state index is 12.2. The largest absolute Gasteiger partial charge is 0.343 e. The van der Waals surface area contributed by atoms with Crippen molar-refractivity contribution in [2.24, 2.45) is 0 Å². The summed E-state index contributed by atoms with van der Waals surface area (Å²) in [5, 5.41) is 2.69. The number of likely N-dealkylation sites (N-methyl/N-ethyl adjacent to an activating group) is 1. The first kappa shape index (κ1) is 18.1. The predicted octanol–water partition coefficient (Wildman–Crippen LogP) is 3.11. The summed E-state index contributed by atoms with van der Waals surface area (Å²) in [6.45, 7) is 2.39. The van der Waals surface area contributed by atoms with E-state index in [2.05, 4.69) is 5.32 Å². The zero-order valence-electron chi connectivity index (χ0n) is 14.2. The topological polar surface area (TPSA) is 49.4 Å². The minimum Gasteiger partial charge on any atom is -0.343 e. The fraction of sp³-hybridized carbons (Fsp3) is 0.263. The lowest BCUT2D eigenvalue weighted by Gasteiger charge is -2.18. The molecule has 2 amide bonds. The highest BCUT2D eigenvalue weighted by Gasteiger charge is 2.13. The Bertz CT molecular complexity index is 714. The Hall–Kier alpha value is -2.27. The number of benzene rings is 2. The van der Waals surface area contributed by atoms with Gasteiger partial charge in [0.2, 0.25) is 5.91 Å². The van der Waals surface area contributed by atoms with Crippen molar-refractivity contribution in [2.75, 3.05) is 19.8 Å². The average molecular weight is 342 g/mol. The third kappa shape index (κ3) is 4.86. The number of hydrogen-bond donors (Lipinski definition) is 1. The third-order valence-electron chi connectivity index (χ3n) is 3.79. The van der Waals surface area contributed by atoms with E-state index in [1.807, 2.05) is 55.6 Å². The molecule has 0 bridgehead atoms. The number of amides is 2. The summed E-state index contributed by atoms with van der Waals surface area (Å²) in [4.78, 5) is 27.1. The summed E-state index contributed by atoms with van der Waals surface area (Å²) in [6.07, 6.45) is 2.03. The summed E-state index contributed by atoms with van der Waals surface area (Å²) >= 11 is 1.69. The quantitative estimate of drug-likeness (QED) is 0.821. The molecule has 0 aliphatic heterocycles. The number of hydrogen-bond acceptors (Lipinski definition) is 3. The molecule has 0 aliphatic rings. The van der Waals surface area contributed by atoms with E-state index in [-0.39, 0.29) is 18.4 Å². The van der Waals surface area contributed by atoms with Crippen LogP contribution < -0.4 is 5.32 Å². The van der Waals surface area contributed by atoms with Crippen molar-refractivity contribution in [3.63, 3.8) is 0 Å². The molecule has 2 aromatic rings. The monoisotopic (exact) mass is 342 g/mol. The lowest BCUT2D eigenvalue weighted by atomic mass is 10.1. The Morgan fingerprint density at radius 1 is 1.08 bits per heavy atom. The summed E-state index contributed by atoms with van der Waals surface area (Å²) < 4.78 is 0. The number of carbonyl (C=O) groups excluding carboxylic acids is 2. The summed E-state index contributed by atoms with van der Waals surface area (Å²) in [6, 6.07) is 15.4. The second-order valence-corrected chi connectivity index (χ2v) is 6.48. The van der Waals surface area contributed by atoms with Crippen molar-refractivity contribution in [1.82, 2.24) is 10.2 Å². The molecule has 0 heterocycles. The standard InChI is InChI=1S/C19H22N2O2S/c1-14-6-4-5-7-17(14)19(23)20-12-18(22)21(2)13-15-8-10-16(24-3)11-9-15/h4-11H,12-13H2,1-3H3,(H,20,23). The molecular formula is C19H22N2O2S. The first-order chi connectivity index (χ1) is 11.5. The van der Waals surface area contributed by atoms with E-state index in [0.717, 1.165) is 11.1 Å². The maximum Gasteiger partial charge on any atom is 0.251 e. The van der Waals surface area contributed by atoms with Gasteiger partial charge in [0.05, 0.1) is 6.54 Å². The van der Waals surface area contributed by atoms with Crippen LogP contribution in [0.5, 0.6) is 0 Å². The van der Waals surface area contributed by atoms with Crippen molar-refractivity contribution in [3.8, 4) is 0 Å². The van der Waals surface area contributed by atoms with Gasteiger partial charge >= 0.3 is 0 Å². The molecular weight excluding hydrogens is 320 g/mol. The number of nitrogens with one attached hydrogen (secondary N) is 1. The van der Waals surface area contributed by atoms with Gasteiger partial charge in [-0.1, -0.05) is 30.3 Å². The van der Waals surface area contributed by atoms with E-state index in [1.54, 1.807) is 29.8 Å². The van der Waals surface area contributed by atoms with Crippen molar-refractivity contribution < 1.29 is 9.59 Å². The van der Waals surface area contributed by atoms with Crippen LogP contribution in [-0.2, 0) is 11.3 Å². The smallest absolute Gasteiger partial charge is 0.251 e. The van der Waals surface area contributed by atoms with Crippen LogP contribution in [0.15, 0.2) is 53.4 Å². The second kappa shape index (κ2) is 8.55.